The Kier molecular flexibility index (Phi) is 6.33. The molecule has 0 aliphatic carbocycles. The molecule has 1 aromatic carbocycles. The summed E-state index contributed by atoms with van der Waals surface area (Å²) < 4.78 is 11.4. The molecular weight excluding hydrogens is 264 g/mol. The number of nitrogens with one attached hydrogen (secondary N) is 1. The van der Waals surface area contributed by atoms with Crippen LogP contribution in [-0.2, 0) is 0 Å². The molecule has 1 aromatic rings. The molecule has 2 rings (SSSR count). The highest BCUT2D eigenvalue weighted by atomic mass is 16.5. The van der Waals surface area contributed by atoms with Gasteiger partial charge < -0.3 is 20.5 Å². The maximum absolute atomic E-state index is 6.04. The third kappa shape index (κ3) is 4.11. The lowest BCUT2D eigenvalue weighted by Crippen LogP contribution is -2.41. The molecule has 4 nitrogen and oxygen atoms in total. The highest BCUT2D eigenvalue weighted by Gasteiger charge is 2.24. The van der Waals surface area contributed by atoms with Gasteiger partial charge in [-0.2, -0.15) is 0 Å². The van der Waals surface area contributed by atoms with Crippen LogP contribution in [0, 0.1) is 0 Å². The van der Waals surface area contributed by atoms with Crippen LogP contribution in [0.2, 0.25) is 0 Å². The summed E-state index contributed by atoms with van der Waals surface area (Å²) in [6.07, 6.45) is 3.74. The molecule has 0 bridgehead atoms. The monoisotopic (exact) mass is 292 g/mol. The minimum Gasteiger partial charge on any atom is -0.490 e. The van der Waals surface area contributed by atoms with Gasteiger partial charge >= 0.3 is 0 Å². The van der Waals surface area contributed by atoms with E-state index >= 15 is 0 Å². The van der Waals surface area contributed by atoms with Crippen molar-refractivity contribution in [3.8, 4) is 11.5 Å². The minimum atomic E-state index is 0.334. The summed E-state index contributed by atoms with van der Waals surface area (Å²) in [5.74, 6) is 1.97. The Balaban J connectivity index is 2.21. The lowest BCUT2D eigenvalue weighted by molar-refractivity contribution is 0.286. The van der Waals surface area contributed by atoms with E-state index in [1.54, 1.807) is 0 Å². The average molecular weight is 292 g/mol. The fraction of sp³-hybridized carbons (Fsp3) is 0.647. The van der Waals surface area contributed by atoms with Crippen LogP contribution in [0.3, 0.4) is 0 Å². The summed E-state index contributed by atoms with van der Waals surface area (Å²) in [6.45, 7) is 7.00. The van der Waals surface area contributed by atoms with Gasteiger partial charge in [0.25, 0.3) is 0 Å². The summed E-state index contributed by atoms with van der Waals surface area (Å²) in [6, 6.07) is 6.70. The number of hydrogen-bond acceptors (Lipinski definition) is 4. The molecule has 1 heterocycles. The van der Waals surface area contributed by atoms with Crippen LogP contribution in [0.15, 0.2) is 18.2 Å². The molecule has 0 radical (unpaired) electrons. The molecule has 1 aliphatic heterocycles. The van der Waals surface area contributed by atoms with Gasteiger partial charge in [0.05, 0.1) is 13.2 Å². The van der Waals surface area contributed by atoms with E-state index in [1.165, 1.54) is 24.8 Å². The summed E-state index contributed by atoms with van der Waals surface area (Å²) in [5.41, 5.74) is 7.28. The van der Waals surface area contributed by atoms with Crippen molar-refractivity contribution in [2.75, 3.05) is 26.3 Å². The molecule has 4 heteroatoms. The van der Waals surface area contributed by atoms with Crippen molar-refractivity contribution in [2.24, 2.45) is 5.73 Å². The predicted octanol–water partition coefficient (Wildman–Crippen LogP) is 2.67. The first-order valence-electron chi connectivity index (χ1n) is 8.13. The van der Waals surface area contributed by atoms with Crippen molar-refractivity contribution in [1.29, 1.82) is 0 Å². The Hall–Kier alpha value is -1.26. The molecule has 2 atom stereocenters. The summed E-state index contributed by atoms with van der Waals surface area (Å²) >= 11 is 0. The average Bonchev–Trinajstić information content (AvgIpc) is 2.52. The van der Waals surface area contributed by atoms with Crippen LogP contribution in [0.1, 0.15) is 44.6 Å². The molecule has 0 aromatic heterocycles. The topological polar surface area (TPSA) is 56.5 Å². The SMILES string of the molecule is CCOc1ccc(C(CN)C2CCCCN2)cc1OCC. The standard InChI is InChI=1S/C17H28N2O2/c1-3-20-16-9-8-13(11-17(16)21-4-2)14(12-18)15-7-5-6-10-19-15/h8-9,11,14-15,19H,3-7,10,12,18H2,1-2H3. The molecule has 1 saturated heterocycles. The third-order valence-corrected chi connectivity index (χ3v) is 4.08. The summed E-state index contributed by atoms with van der Waals surface area (Å²) in [7, 11) is 0. The lowest BCUT2D eigenvalue weighted by Gasteiger charge is -2.31. The Bertz CT molecular complexity index is 431. The van der Waals surface area contributed by atoms with E-state index in [4.69, 9.17) is 15.2 Å². The number of hydrogen-bond donors (Lipinski definition) is 2. The fourth-order valence-electron chi connectivity index (χ4n) is 3.05. The summed E-state index contributed by atoms with van der Waals surface area (Å²) in [5, 5.41) is 3.61. The zero-order valence-electron chi connectivity index (χ0n) is 13.2. The first-order valence-corrected chi connectivity index (χ1v) is 8.13. The highest BCUT2D eigenvalue weighted by Crippen LogP contribution is 2.33. The third-order valence-electron chi connectivity index (χ3n) is 4.08. The van der Waals surface area contributed by atoms with E-state index in [9.17, 15) is 0 Å². The van der Waals surface area contributed by atoms with E-state index in [-0.39, 0.29) is 0 Å². The van der Waals surface area contributed by atoms with Crippen LogP contribution in [0.4, 0.5) is 0 Å². The summed E-state index contributed by atoms with van der Waals surface area (Å²) in [4.78, 5) is 0. The Morgan fingerprint density at radius 2 is 1.95 bits per heavy atom. The van der Waals surface area contributed by atoms with Gasteiger partial charge in [0.2, 0.25) is 0 Å². The van der Waals surface area contributed by atoms with Gasteiger partial charge in [0, 0.05) is 18.5 Å². The number of rotatable bonds is 7. The molecule has 0 spiro atoms. The lowest BCUT2D eigenvalue weighted by atomic mass is 9.86. The molecular formula is C17H28N2O2. The van der Waals surface area contributed by atoms with E-state index in [0.29, 0.717) is 31.7 Å². The van der Waals surface area contributed by atoms with Crippen molar-refractivity contribution in [3.05, 3.63) is 23.8 Å². The van der Waals surface area contributed by atoms with Crippen LogP contribution in [-0.4, -0.2) is 32.3 Å². The van der Waals surface area contributed by atoms with Crippen LogP contribution < -0.4 is 20.5 Å². The van der Waals surface area contributed by atoms with Gasteiger partial charge in [0.15, 0.2) is 11.5 Å². The van der Waals surface area contributed by atoms with Gasteiger partial charge in [-0.3, -0.25) is 0 Å². The van der Waals surface area contributed by atoms with E-state index < -0.39 is 0 Å². The Morgan fingerprint density at radius 3 is 2.57 bits per heavy atom. The van der Waals surface area contributed by atoms with Crippen LogP contribution in [0.25, 0.3) is 0 Å². The maximum atomic E-state index is 6.04. The van der Waals surface area contributed by atoms with Gasteiger partial charge in [-0.1, -0.05) is 12.5 Å². The predicted molar refractivity (Wildman–Crippen MR) is 86.2 cm³/mol. The normalized spacial score (nSPS) is 20.0. The molecule has 0 amide bonds. The van der Waals surface area contributed by atoms with Crippen LogP contribution >= 0.6 is 0 Å². The largest absolute Gasteiger partial charge is 0.490 e. The van der Waals surface area contributed by atoms with Crippen molar-refractivity contribution in [2.45, 2.75) is 45.1 Å². The van der Waals surface area contributed by atoms with Crippen molar-refractivity contribution in [3.63, 3.8) is 0 Å². The van der Waals surface area contributed by atoms with Crippen molar-refractivity contribution >= 4 is 0 Å². The number of piperidine rings is 1. The second kappa shape index (κ2) is 8.25. The molecule has 1 aliphatic rings. The molecule has 0 saturated carbocycles. The molecule has 3 N–H and O–H groups in total. The van der Waals surface area contributed by atoms with Crippen LogP contribution in [0.5, 0.6) is 11.5 Å². The number of benzene rings is 1. The highest BCUT2D eigenvalue weighted by molar-refractivity contribution is 5.44. The second-order valence-electron chi connectivity index (χ2n) is 5.47. The fourth-order valence-corrected chi connectivity index (χ4v) is 3.05. The quantitative estimate of drug-likeness (QED) is 0.811. The minimum absolute atomic E-state index is 0.334. The molecule has 118 valence electrons. The first-order chi connectivity index (χ1) is 10.3. The van der Waals surface area contributed by atoms with Gasteiger partial charge in [-0.05, 0) is 50.9 Å². The Labute approximate surface area is 128 Å². The van der Waals surface area contributed by atoms with Crippen molar-refractivity contribution in [1.82, 2.24) is 5.32 Å². The first kappa shape index (κ1) is 16.1. The van der Waals surface area contributed by atoms with Gasteiger partial charge in [0.1, 0.15) is 0 Å². The van der Waals surface area contributed by atoms with Crippen molar-refractivity contribution < 1.29 is 9.47 Å². The van der Waals surface area contributed by atoms with E-state index in [0.717, 1.165) is 18.0 Å². The molecule has 2 unspecified atom stereocenters. The maximum Gasteiger partial charge on any atom is 0.161 e. The van der Waals surface area contributed by atoms with E-state index in [1.807, 2.05) is 19.9 Å². The number of nitrogens with two attached hydrogens (primary N) is 1. The van der Waals surface area contributed by atoms with E-state index in [2.05, 4.69) is 17.4 Å². The Morgan fingerprint density at radius 1 is 1.19 bits per heavy atom. The van der Waals surface area contributed by atoms with Gasteiger partial charge in [-0.15, -0.1) is 0 Å². The second-order valence-corrected chi connectivity index (χ2v) is 5.47. The van der Waals surface area contributed by atoms with Gasteiger partial charge in [-0.25, -0.2) is 0 Å². The zero-order chi connectivity index (χ0) is 15.1. The molecule has 21 heavy (non-hydrogen) atoms. The smallest absolute Gasteiger partial charge is 0.161 e. The zero-order valence-corrected chi connectivity index (χ0v) is 13.2. The molecule has 1 fully saturated rings. The number of ether oxygens (including phenoxy) is 2.